The van der Waals surface area contributed by atoms with E-state index in [2.05, 4.69) is 10.7 Å². The number of anilines is 2. The summed E-state index contributed by atoms with van der Waals surface area (Å²) >= 11 is 1.14. The van der Waals surface area contributed by atoms with Crippen LogP contribution in [-0.2, 0) is 9.59 Å². The monoisotopic (exact) mass is 564 g/mol. The summed E-state index contributed by atoms with van der Waals surface area (Å²) in [5.41, 5.74) is 3.40. The number of nitrogens with zero attached hydrogens (tertiary/aromatic N) is 4. The van der Waals surface area contributed by atoms with Gasteiger partial charge in [-0.2, -0.15) is 0 Å². The van der Waals surface area contributed by atoms with Gasteiger partial charge in [-0.25, -0.2) is 5.01 Å². The van der Waals surface area contributed by atoms with Crippen molar-refractivity contribution >= 4 is 52.2 Å². The molecule has 3 aromatic carbocycles. The number of nitrogens with one attached hydrogen (secondary N) is 2. The topological polar surface area (TPSA) is 168 Å². The molecular formula is C26H24N6O7S. The number of benzene rings is 3. The van der Waals surface area contributed by atoms with Crippen molar-refractivity contribution in [2.24, 2.45) is 0 Å². The van der Waals surface area contributed by atoms with Crippen LogP contribution in [0.25, 0.3) is 0 Å². The number of carbonyl (C=O) groups excluding carboxylic acids is 3. The minimum Gasteiger partial charge on any atom is -0.378 e. The van der Waals surface area contributed by atoms with E-state index in [4.69, 9.17) is 0 Å². The minimum atomic E-state index is -0.924. The number of imide groups is 1. The molecule has 1 heterocycles. The van der Waals surface area contributed by atoms with Crippen LogP contribution in [0.5, 0.6) is 0 Å². The first-order chi connectivity index (χ1) is 19.0. The molecule has 0 bridgehead atoms. The Hall–Kier alpha value is -4.98. The van der Waals surface area contributed by atoms with Gasteiger partial charge in [0.15, 0.2) is 0 Å². The highest BCUT2D eigenvalue weighted by molar-refractivity contribution is 8.01. The van der Waals surface area contributed by atoms with Crippen molar-refractivity contribution in [1.29, 1.82) is 0 Å². The van der Waals surface area contributed by atoms with Gasteiger partial charge in [-0.3, -0.25) is 45.4 Å². The molecule has 3 aromatic rings. The zero-order chi connectivity index (χ0) is 29.0. The molecule has 0 aliphatic carbocycles. The van der Waals surface area contributed by atoms with E-state index in [-0.39, 0.29) is 17.7 Å². The van der Waals surface area contributed by atoms with E-state index in [1.54, 1.807) is 42.5 Å². The second-order valence-corrected chi connectivity index (χ2v) is 10.2. The van der Waals surface area contributed by atoms with E-state index in [0.29, 0.717) is 5.56 Å². The third kappa shape index (κ3) is 6.18. The molecule has 14 heteroatoms. The Morgan fingerprint density at radius 1 is 0.975 bits per heavy atom. The maximum absolute atomic E-state index is 13.5. The lowest BCUT2D eigenvalue weighted by Gasteiger charge is -2.26. The standard InChI is InChI=1S/C26H24N6O7S/c1-29(2)18-10-8-17(9-11-18)26-30(28-20-13-12-19(31(36)37)14-21(20)32(38)39)25(35)22(40-26)15-23(33)27-24(34)16-6-4-3-5-7-16/h3-14,22,26,28H,15H2,1-2H3,(H,27,33,34). The molecule has 3 amide bonds. The Kier molecular flexibility index (Phi) is 8.29. The number of nitro benzene ring substituents is 2. The van der Waals surface area contributed by atoms with Crippen molar-refractivity contribution in [2.45, 2.75) is 17.0 Å². The van der Waals surface area contributed by atoms with Crippen molar-refractivity contribution < 1.29 is 24.2 Å². The Morgan fingerprint density at radius 2 is 1.65 bits per heavy atom. The highest BCUT2D eigenvalue weighted by Gasteiger charge is 2.43. The number of hydrogen-bond donors (Lipinski definition) is 2. The van der Waals surface area contributed by atoms with Crippen LogP contribution in [-0.4, -0.2) is 51.9 Å². The SMILES string of the molecule is CN(C)c1ccc(C2SC(CC(=O)NC(=O)c3ccccc3)C(=O)N2Nc2ccc([N+](=O)[O-])cc2[N+](=O)[O-])cc1. The summed E-state index contributed by atoms with van der Waals surface area (Å²) in [5, 5.41) is 24.6. The first-order valence-corrected chi connectivity index (χ1v) is 12.8. The molecule has 1 aliphatic heterocycles. The predicted molar refractivity (Wildman–Crippen MR) is 149 cm³/mol. The highest BCUT2D eigenvalue weighted by Crippen LogP contribution is 2.45. The fourth-order valence-corrected chi connectivity index (χ4v) is 5.36. The molecule has 13 nitrogen and oxygen atoms in total. The molecule has 0 saturated carbocycles. The van der Waals surface area contributed by atoms with Gasteiger partial charge >= 0.3 is 5.69 Å². The second-order valence-electron chi connectivity index (χ2n) is 8.95. The number of hydrogen-bond acceptors (Lipinski definition) is 10. The van der Waals surface area contributed by atoms with Gasteiger partial charge in [-0.15, -0.1) is 11.8 Å². The molecule has 1 saturated heterocycles. The second kappa shape index (κ2) is 11.8. The number of nitro groups is 2. The smallest absolute Gasteiger partial charge is 0.300 e. The quantitative estimate of drug-likeness (QED) is 0.287. The summed E-state index contributed by atoms with van der Waals surface area (Å²) in [5.74, 6) is -1.82. The number of hydrazine groups is 1. The Morgan fingerprint density at radius 3 is 2.25 bits per heavy atom. The Bertz CT molecular complexity index is 1470. The number of thioether (sulfide) groups is 1. The van der Waals surface area contributed by atoms with Crippen LogP contribution in [0.3, 0.4) is 0 Å². The van der Waals surface area contributed by atoms with Crippen LogP contribution < -0.4 is 15.6 Å². The maximum atomic E-state index is 13.5. The van der Waals surface area contributed by atoms with Crippen molar-refractivity contribution in [2.75, 3.05) is 24.4 Å². The van der Waals surface area contributed by atoms with Crippen molar-refractivity contribution in [1.82, 2.24) is 10.3 Å². The van der Waals surface area contributed by atoms with Crippen LogP contribution in [0.15, 0.2) is 72.8 Å². The van der Waals surface area contributed by atoms with E-state index >= 15 is 0 Å². The van der Waals surface area contributed by atoms with E-state index in [9.17, 15) is 34.6 Å². The summed E-state index contributed by atoms with van der Waals surface area (Å²) in [6.45, 7) is 0. The van der Waals surface area contributed by atoms with Gasteiger partial charge < -0.3 is 4.90 Å². The average molecular weight is 565 g/mol. The van der Waals surface area contributed by atoms with E-state index in [0.717, 1.165) is 35.6 Å². The maximum Gasteiger partial charge on any atom is 0.300 e. The molecule has 0 aromatic heterocycles. The summed E-state index contributed by atoms with van der Waals surface area (Å²) in [6.07, 6.45) is -0.325. The van der Waals surface area contributed by atoms with E-state index < -0.39 is 49.6 Å². The minimum absolute atomic E-state index is 0.135. The van der Waals surface area contributed by atoms with Gasteiger partial charge in [-0.05, 0) is 35.9 Å². The number of non-ortho nitro benzene ring substituents is 1. The van der Waals surface area contributed by atoms with Gasteiger partial charge in [0.05, 0.1) is 21.2 Å². The van der Waals surface area contributed by atoms with Crippen LogP contribution in [0.1, 0.15) is 27.7 Å². The summed E-state index contributed by atoms with van der Waals surface area (Å²) in [7, 11) is 3.74. The molecule has 2 N–H and O–H groups in total. The van der Waals surface area contributed by atoms with Crippen LogP contribution in [0, 0.1) is 20.2 Å². The third-order valence-electron chi connectivity index (χ3n) is 6.02. The molecule has 0 radical (unpaired) electrons. The van der Waals surface area contributed by atoms with Gasteiger partial charge in [-0.1, -0.05) is 30.3 Å². The number of rotatable bonds is 9. The van der Waals surface area contributed by atoms with Crippen molar-refractivity contribution in [3.8, 4) is 0 Å². The average Bonchev–Trinajstić information content (AvgIpc) is 3.23. The molecule has 2 atom stereocenters. The van der Waals surface area contributed by atoms with Crippen LogP contribution in [0.4, 0.5) is 22.7 Å². The van der Waals surface area contributed by atoms with Crippen molar-refractivity contribution in [3.05, 3.63) is 104 Å². The lowest BCUT2D eigenvalue weighted by atomic mass is 10.1. The summed E-state index contributed by atoms with van der Waals surface area (Å²) in [4.78, 5) is 61.8. The first-order valence-electron chi connectivity index (χ1n) is 11.9. The Balaban J connectivity index is 1.61. The summed E-state index contributed by atoms with van der Waals surface area (Å²) < 4.78 is 0. The van der Waals surface area contributed by atoms with Gasteiger partial charge in [0.25, 0.3) is 17.5 Å². The molecular weight excluding hydrogens is 540 g/mol. The third-order valence-corrected chi connectivity index (χ3v) is 7.46. The molecule has 1 aliphatic rings. The molecule has 206 valence electrons. The predicted octanol–water partition coefficient (Wildman–Crippen LogP) is 3.89. The normalized spacial score (nSPS) is 16.4. The first kappa shape index (κ1) is 28.0. The van der Waals surface area contributed by atoms with E-state index in [1.807, 2.05) is 31.1 Å². The van der Waals surface area contributed by atoms with Crippen molar-refractivity contribution in [3.63, 3.8) is 0 Å². The lowest BCUT2D eigenvalue weighted by Crippen LogP contribution is -2.38. The molecule has 40 heavy (non-hydrogen) atoms. The number of carbonyl (C=O) groups is 3. The van der Waals surface area contributed by atoms with E-state index in [1.165, 1.54) is 5.01 Å². The molecule has 2 unspecified atom stereocenters. The fraction of sp³-hybridized carbons (Fsp3) is 0.192. The highest BCUT2D eigenvalue weighted by atomic mass is 32.2. The lowest BCUT2D eigenvalue weighted by molar-refractivity contribution is -0.393. The van der Waals surface area contributed by atoms with Gasteiger partial charge in [0.1, 0.15) is 11.1 Å². The van der Waals surface area contributed by atoms with Crippen LogP contribution in [0.2, 0.25) is 0 Å². The number of amides is 3. The van der Waals surface area contributed by atoms with Gasteiger partial charge in [0.2, 0.25) is 5.91 Å². The molecule has 4 rings (SSSR count). The summed E-state index contributed by atoms with van der Waals surface area (Å²) in [6, 6.07) is 18.4. The Labute approximate surface area is 232 Å². The zero-order valence-electron chi connectivity index (χ0n) is 21.3. The fourth-order valence-electron chi connectivity index (χ4n) is 3.98. The molecule has 1 fully saturated rings. The zero-order valence-corrected chi connectivity index (χ0v) is 22.2. The van der Waals surface area contributed by atoms with Gasteiger partial charge in [0, 0.05) is 37.8 Å². The molecule has 0 spiro atoms. The van der Waals surface area contributed by atoms with Crippen LogP contribution >= 0.6 is 11.8 Å². The largest absolute Gasteiger partial charge is 0.378 e.